The molecule has 0 aliphatic heterocycles. The van der Waals surface area contributed by atoms with Crippen LogP contribution >= 0.6 is 11.8 Å². The molecule has 2 aromatic rings. The Hall–Kier alpha value is -1.20. The highest BCUT2D eigenvalue weighted by Gasteiger charge is 2.15. The predicted molar refractivity (Wildman–Crippen MR) is 61.4 cm³/mol. The smallest absolute Gasteiger partial charge is 0.114 e. The van der Waals surface area contributed by atoms with E-state index >= 15 is 0 Å². The molecular weight excluding hydrogens is 224 g/mol. The van der Waals surface area contributed by atoms with Crippen molar-refractivity contribution in [3.8, 4) is 0 Å². The minimum atomic E-state index is 0.0128. The number of furan rings is 1. The molecule has 0 radical (unpaired) electrons. The van der Waals surface area contributed by atoms with Crippen LogP contribution in [0.25, 0.3) is 0 Å². The molecular formula is C11H14N2O2S. The van der Waals surface area contributed by atoms with Crippen LogP contribution in [0.3, 0.4) is 0 Å². The van der Waals surface area contributed by atoms with Crippen LogP contribution in [-0.4, -0.2) is 14.9 Å². The van der Waals surface area contributed by atoms with Gasteiger partial charge in [0.05, 0.1) is 23.5 Å². The Kier molecular flexibility index (Phi) is 3.07. The SMILES string of the molecule is Cc1nn(C)c(Sc2ccoc2C)c1CO. The number of hydrogen-bond acceptors (Lipinski definition) is 4. The normalized spacial score (nSPS) is 11.0. The van der Waals surface area contributed by atoms with Crippen molar-refractivity contribution < 1.29 is 9.52 Å². The van der Waals surface area contributed by atoms with Crippen LogP contribution in [0.15, 0.2) is 26.7 Å². The van der Waals surface area contributed by atoms with Crippen LogP contribution in [0.1, 0.15) is 17.0 Å². The summed E-state index contributed by atoms with van der Waals surface area (Å²) in [5, 5.41) is 14.6. The first-order valence-electron chi connectivity index (χ1n) is 4.98. The number of hydrogen-bond donors (Lipinski definition) is 1. The molecule has 0 aromatic carbocycles. The number of rotatable bonds is 3. The van der Waals surface area contributed by atoms with E-state index < -0.39 is 0 Å². The van der Waals surface area contributed by atoms with Gasteiger partial charge in [-0.1, -0.05) is 11.8 Å². The lowest BCUT2D eigenvalue weighted by atomic mass is 10.3. The van der Waals surface area contributed by atoms with E-state index in [-0.39, 0.29) is 6.61 Å². The second-order valence-corrected chi connectivity index (χ2v) is 4.62. The van der Waals surface area contributed by atoms with Gasteiger partial charge in [-0.15, -0.1) is 0 Å². The molecule has 86 valence electrons. The zero-order valence-electron chi connectivity index (χ0n) is 9.52. The van der Waals surface area contributed by atoms with Crippen molar-refractivity contribution in [3.05, 3.63) is 29.3 Å². The average Bonchev–Trinajstić information content (AvgIpc) is 2.74. The summed E-state index contributed by atoms with van der Waals surface area (Å²) in [7, 11) is 1.88. The molecule has 4 nitrogen and oxygen atoms in total. The fraction of sp³-hybridized carbons (Fsp3) is 0.364. The van der Waals surface area contributed by atoms with E-state index in [1.54, 1.807) is 22.7 Å². The number of aliphatic hydroxyl groups is 1. The van der Waals surface area contributed by atoms with Crippen molar-refractivity contribution in [2.24, 2.45) is 7.05 Å². The van der Waals surface area contributed by atoms with E-state index in [1.807, 2.05) is 27.0 Å². The molecule has 0 saturated heterocycles. The van der Waals surface area contributed by atoms with Crippen molar-refractivity contribution in [2.45, 2.75) is 30.4 Å². The van der Waals surface area contributed by atoms with Gasteiger partial charge >= 0.3 is 0 Å². The molecule has 2 heterocycles. The minimum Gasteiger partial charge on any atom is -0.468 e. The summed E-state index contributed by atoms with van der Waals surface area (Å²) in [6, 6.07) is 1.92. The second kappa shape index (κ2) is 4.35. The van der Waals surface area contributed by atoms with Gasteiger partial charge in [0, 0.05) is 12.6 Å². The second-order valence-electron chi connectivity index (χ2n) is 3.59. The maximum atomic E-state index is 9.32. The Morgan fingerprint density at radius 1 is 1.50 bits per heavy atom. The highest BCUT2D eigenvalue weighted by molar-refractivity contribution is 7.99. The minimum absolute atomic E-state index is 0.0128. The van der Waals surface area contributed by atoms with Crippen molar-refractivity contribution in [3.63, 3.8) is 0 Å². The molecule has 2 aromatic heterocycles. The quantitative estimate of drug-likeness (QED) is 0.891. The first-order valence-corrected chi connectivity index (χ1v) is 5.80. The number of aryl methyl sites for hydroxylation is 3. The van der Waals surface area contributed by atoms with Gasteiger partial charge in [-0.3, -0.25) is 4.68 Å². The van der Waals surface area contributed by atoms with Crippen molar-refractivity contribution in [1.29, 1.82) is 0 Å². The van der Waals surface area contributed by atoms with Gasteiger partial charge in [0.25, 0.3) is 0 Å². The Bertz CT molecular complexity index is 502. The van der Waals surface area contributed by atoms with E-state index in [9.17, 15) is 5.11 Å². The van der Waals surface area contributed by atoms with E-state index in [1.165, 1.54) is 0 Å². The van der Waals surface area contributed by atoms with E-state index in [4.69, 9.17) is 4.42 Å². The molecule has 0 saturated carbocycles. The van der Waals surface area contributed by atoms with Gasteiger partial charge in [-0.2, -0.15) is 5.10 Å². The first kappa shape index (κ1) is 11.3. The molecule has 0 atom stereocenters. The summed E-state index contributed by atoms with van der Waals surface area (Å²) in [5.74, 6) is 0.882. The highest BCUT2D eigenvalue weighted by atomic mass is 32.2. The van der Waals surface area contributed by atoms with Gasteiger partial charge in [0.1, 0.15) is 10.8 Å². The van der Waals surface area contributed by atoms with E-state index in [2.05, 4.69) is 5.10 Å². The molecule has 2 rings (SSSR count). The van der Waals surface area contributed by atoms with Crippen molar-refractivity contribution in [1.82, 2.24) is 9.78 Å². The molecule has 0 amide bonds. The van der Waals surface area contributed by atoms with Crippen LogP contribution in [0.2, 0.25) is 0 Å². The third-order valence-electron chi connectivity index (χ3n) is 2.46. The topological polar surface area (TPSA) is 51.2 Å². The van der Waals surface area contributed by atoms with Crippen LogP contribution in [0.4, 0.5) is 0 Å². The summed E-state index contributed by atoms with van der Waals surface area (Å²) in [5.41, 5.74) is 1.75. The molecule has 1 N–H and O–H groups in total. The Morgan fingerprint density at radius 2 is 2.25 bits per heavy atom. The average molecular weight is 238 g/mol. The molecule has 0 aliphatic carbocycles. The van der Waals surface area contributed by atoms with Crippen LogP contribution in [-0.2, 0) is 13.7 Å². The lowest BCUT2D eigenvalue weighted by Crippen LogP contribution is -1.93. The first-order chi connectivity index (χ1) is 7.63. The van der Waals surface area contributed by atoms with Gasteiger partial charge in [-0.25, -0.2) is 0 Å². The number of nitrogens with zero attached hydrogens (tertiary/aromatic N) is 2. The summed E-state index contributed by atoms with van der Waals surface area (Å²) in [6.45, 7) is 3.83. The Balaban J connectivity index is 2.38. The summed E-state index contributed by atoms with van der Waals surface area (Å²) < 4.78 is 7.03. The molecule has 0 aliphatic rings. The largest absolute Gasteiger partial charge is 0.468 e. The number of aliphatic hydroxyl groups excluding tert-OH is 1. The maximum Gasteiger partial charge on any atom is 0.114 e. The summed E-state index contributed by atoms with van der Waals surface area (Å²) in [6.07, 6.45) is 1.67. The van der Waals surface area contributed by atoms with Gasteiger partial charge in [-0.05, 0) is 19.9 Å². The number of aromatic nitrogens is 2. The Labute approximate surface area is 98.3 Å². The third kappa shape index (κ3) is 1.88. The third-order valence-corrected chi connectivity index (χ3v) is 3.81. The fourth-order valence-corrected chi connectivity index (χ4v) is 2.61. The summed E-state index contributed by atoms with van der Waals surface area (Å²) in [4.78, 5) is 1.05. The molecule has 0 fully saturated rings. The van der Waals surface area contributed by atoms with Crippen LogP contribution in [0.5, 0.6) is 0 Å². The van der Waals surface area contributed by atoms with Crippen LogP contribution in [0, 0.1) is 13.8 Å². The Morgan fingerprint density at radius 3 is 2.81 bits per heavy atom. The molecule has 5 heteroatoms. The van der Waals surface area contributed by atoms with Gasteiger partial charge in [0.15, 0.2) is 0 Å². The molecule has 0 spiro atoms. The highest BCUT2D eigenvalue weighted by Crippen LogP contribution is 2.33. The van der Waals surface area contributed by atoms with E-state index in [0.717, 1.165) is 26.9 Å². The van der Waals surface area contributed by atoms with Crippen molar-refractivity contribution >= 4 is 11.8 Å². The predicted octanol–water partition coefficient (Wildman–Crippen LogP) is 2.27. The molecule has 0 bridgehead atoms. The standard InChI is InChI=1S/C11H14N2O2S/c1-7-9(6-14)11(13(3)12-7)16-10-4-5-15-8(10)2/h4-5,14H,6H2,1-3H3. The molecule has 0 unspecified atom stereocenters. The van der Waals surface area contributed by atoms with E-state index in [0.29, 0.717) is 0 Å². The van der Waals surface area contributed by atoms with Gasteiger partial charge < -0.3 is 9.52 Å². The lowest BCUT2D eigenvalue weighted by Gasteiger charge is -2.03. The lowest BCUT2D eigenvalue weighted by molar-refractivity contribution is 0.277. The fourth-order valence-electron chi connectivity index (χ4n) is 1.57. The van der Waals surface area contributed by atoms with Crippen LogP contribution < -0.4 is 0 Å². The van der Waals surface area contributed by atoms with Gasteiger partial charge in [0.2, 0.25) is 0 Å². The molecule has 16 heavy (non-hydrogen) atoms. The monoisotopic (exact) mass is 238 g/mol. The summed E-state index contributed by atoms with van der Waals surface area (Å²) >= 11 is 1.57. The maximum absolute atomic E-state index is 9.32. The zero-order valence-corrected chi connectivity index (χ0v) is 10.3. The van der Waals surface area contributed by atoms with Crippen molar-refractivity contribution in [2.75, 3.05) is 0 Å². The zero-order chi connectivity index (χ0) is 11.7.